The third-order valence-electron chi connectivity index (χ3n) is 4.66. The van der Waals surface area contributed by atoms with Crippen LogP contribution in [0.4, 0.5) is 19.0 Å². The Balaban J connectivity index is 1.48. The summed E-state index contributed by atoms with van der Waals surface area (Å²) in [6, 6.07) is 12.4. The van der Waals surface area contributed by atoms with E-state index in [0.717, 1.165) is 12.1 Å². The lowest BCUT2D eigenvalue weighted by Crippen LogP contribution is -2.32. The predicted molar refractivity (Wildman–Crippen MR) is 107 cm³/mol. The zero-order valence-electron chi connectivity index (χ0n) is 15.8. The smallest absolute Gasteiger partial charge is 0.416 e. The molecule has 0 radical (unpaired) electrons. The van der Waals surface area contributed by atoms with Crippen molar-refractivity contribution < 1.29 is 22.7 Å². The van der Waals surface area contributed by atoms with E-state index in [2.05, 4.69) is 10.3 Å². The highest BCUT2D eigenvalue weighted by Crippen LogP contribution is 2.30. The Kier molecular flexibility index (Phi) is 5.63. The van der Waals surface area contributed by atoms with Gasteiger partial charge in [-0.15, -0.1) is 11.3 Å². The van der Waals surface area contributed by atoms with E-state index in [9.17, 15) is 18.0 Å². The topological polar surface area (TPSA) is 54.5 Å². The van der Waals surface area contributed by atoms with Crippen LogP contribution in [-0.4, -0.2) is 22.4 Å². The number of rotatable bonds is 5. The van der Waals surface area contributed by atoms with Crippen molar-refractivity contribution >= 4 is 23.1 Å². The molecule has 1 aromatic carbocycles. The van der Waals surface area contributed by atoms with Gasteiger partial charge in [-0.1, -0.05) is 18.2 Å². The van der Waals surface area contributed by atoms with Gasteiger partial charge in [-0.25, -0.2) is 4.98 Å². The van der Waals surface area contributed by atoms with Crippen molar-refractivity contribution in [1.29, 1.82) is 0 Å². The summed E-state index contributed by atoms with van der Waals surface area (Å²) in [7, 11) is 0. The minimum atomic E-state index is -4.39. The van der Waals surface area contributed by atoms with Crippen LogP contribution >= 0.6 is 11.3 Å². The number of aromatic nitrogens is 1. The van der Waals surface area contributed by atoms with Crippen LogP contribution in [0.3, 0.4) is 0 Å². The number of amides is 1. The largest absolute Gasteiger partial charge is 0.482 e. The van der Waals surface area contributed by atoms with E-state index in [0.29, 0.717) is 29.4 Å². The Labute approximate surface area is 175 Å². The second-order valence-electron chi connectivity index (χ2n) is 6.81. The van der Waals surface area contributed by atoms with Gasteiger partial charge in [-0.05, 0) is 41.3 Å². The molecule has 2 aromatic heterocycles. The van der Waals surface area contributed by atoms with Crippen molar-refractivity contribution in [3.05, 3.63) is 75.6 Å². The number of ether oxygens (including phenoxy) is 1. The molecule has 156 valence electrons. The van der Waals surface area contributed by atoms with E-state index in [4.69, 9.17) is 4.74 Å². The molecular weight excluding hydrogens is 415 g/mol. The molecule has 4 rings (SSSR count). The first-order chi connectivity index (χ1) is 14.4. The normalized spacial score (nSPS) is 14.1. The van der Waals surface area contributed by atoms with Gasteiger partial charge in [0.15, 0.2) is 6.61 Å². The van der Waals surface area contributed by atoms with Crippen molar-refractivity contribution in [2.24, 2.45) is 0 Å². The molecule has 30 heavy (non-hydrogen) atoms. The second-order valence-corrected chi connectivity index (χ2v) is 7.84. The van der Waals surface area contributed by atoms with Crippen LogP contribution in [0.25, 0.3) is 0 Å². The van der Waals surface area contributed by atoms with Gasteiger partial charge in [-0.3, -0.25) is 4.79 Å². The lowest BCUT2D eigenvalue weighted by atomic mass is 10.1. The molecular formula is C21H18F3N3O2S. The summed E-state index contributed by atoms with van der Waals surface area (Å²) in [6.07, 6.45) is -4.39. The van der Waals surface area contributed by atoms with Gasteiger partial charge in [0, 0.05) is 11.4 Å². The minimum Gasteiger partial charge on any atom is -0.482 e. The van der Waals surface area contributed by atoms with E-state index in [-0.39, 0.29) is 25.6 Å². The van der Waals surface area contributed by atoms with Gasteiger partial charge in [0.2, 0.25) is 0 Å². The Morgan fingerprint density at radius 3 is 2.63 bits per heavy atom. The highest BCUT2D eigenvalue weighted by Gasteiger charge is 2.30. The van der Waals surface area contributed by atoms with Crippen LogP contribution in [0, 0.1) is 0 Å². The average molecular weight is 433 g/mol. The summed E-state index contributed by atoms with van der Waals surface area (Å²) in [5.41, 5.74) is 0.487. The van der Waals surface area contributed by atoms with Crippen molar-refractivity contribution in [2.75, 3.05) is 11.9 Å². The van der Waals surface area contributed by atoms with Gasteiger partial charge in [0.25, 0.3) is 5.91 Å². The van der Waals surface area contributed by atoms with Crippen molar-refractivity contribution in [3.63, 3.8) is 0 Å². The van der Waals surface area contributed by atoms with Gasteiger partial charge in [0.1, 0.15) is 17.3 Å². The third-order valence-corrected chi connectivity index (χ3v) is 5.53. The molecule has 0 fully saturated rings. The first-order valence-corrected chi connectivity index (χ1v) is 10.1. The number of nitrogens with zero attached hydrogens (tertiary/aromatic N) is 2. The maximum absolute atomic E-state index is 12.8. The molecule has 1 N–H and O–H groups in total. The average Bonchev–Trinajstić information content (AvgIpc) is 3.19. The summed E-state index contributed by atoms with van der Waals surface area (Å²) in [5, 5.41) is 5.25. The SMILES string of the molecule is O=C1COc2ccc(NCc3cccs3)nc2CN1Cc1ccc(C(F)(F)F)cc1. The molecule has 0 unspecified atom stereocenters. The molecule has 3 heterocycles. The number of fused-ring (bicyclic) bond motifs is 1. The molecule has 1 aliphatic heterocycles. The van der Waals surface area contributed by atoms with Gasteiger partial charge in [-0.2, -0.15) is 13.2 Å². The fourth-order valence-corrected chi connectivity index (χ4v) is 3.73. The third kappa shape index (κ3) is 4.73. The molecule has 0 saturated heterocycles. The molecule has 5 nitrogen and oxygen atoms in total. The number of halogens is 3. The summed E-state index contributed by atoms with van der Waals surface area (Å²) in [6.45, 7) is 0.883. The molecule has 0 saturated carbocycles. The molecule has 1 amide bonds. The maximum atomic E-state index is 12.8. The van der Waals surface area contributed by atoms with E-state index >= 15 is 0 Å². The lowest BCUT2D eigenvalue weighted by Gasteiger charge is -2.20. The van der Waals surface area contributed by atoms with E-state index in [1.54, 1.807) is 23.5 Å². The first kappa shape index (κ1) is 20.2. The predicted octanol–water partition coefficient (Wildman–Crippen LogP) is 4.70. The van der Waals surface area contributed by atoms with Crippen LogP contribution in [-0.2, 0) is 30.6 Å². The van der Waals surface area contributed by atoms with Gasteiger partial charge < -0.3 is 15.0 Å². The molecule has 3 aromatic rings. The molecule has 0 spiro atoms. The highest BCUT2D eigenvalue weighted by molar-refractivity contribution is 7.09. The Bertz CT molecular complexity index is 1020. The zero-order valence-corrected chi connectivity index (χ0v) is 16.6. The van der Waals surface area contributed by atoms with Crippen LogP contribution in [0.15, 0.2) is 53.9 Å². The summed E-state index contributed by atoms with van der Waals surface area (Å²) < 4.78 is 43.8. The summed E-state index contributed by atoms with van der Waals surface area (Å²) >= 11 is 1.64. The molecule has 0 atom stereocenters. The standard InChI is InChI=1S/C21H18F3N3O2S/c22-21(23,24)15-5-3-14(4-6-15)11-27-12-17-18(29-13-20(27)28)7-8-19(26-17)25-10-16-2-1-9-30-16/h1-9H,10-13H2,(H,25,26). The number of nitrogens with one attached hydrogen (secondary N) is 1. The molecule has 0 aliphatic carbocycles. The quantitative estimate of drug-likeness (QED) is 0.634. The fourth-order valence-electron chi connectivity index (χ4n) is 3.09. The van der Waals surface area contributed by atoms with Gasteiger partial charge in [0.05, 0.1) is 18.7 Å². The Morgan fingerprint density at radius 2 is 1.93 bits per heavy atom. The number of alkyl halides is 3. The van der Waals surface area contributed by atoms with Crippen LogP contribution in [0.5, 0.6) is 5.75 Å². The fraction of sp³-hybridized carbons (Fsp3) is 0.238. The second kappa shape index (κ2) is 8.35. The maximum Gasteiger partial charge on any atom is 0.416 e. The number of anilines is 1. The summed E-state index contributed by atoms with van der Waals surface area (Å²) in [5.74, 6) is 0.940. The summed E-state index contributed by atoms with van der Waals surface area (Å²) in [4.78, 5) is 19.7. The number of carbonyl (C=O) groups is 1. The zero-order chi connectivity index (χ0) is 21.1. The van der Waals surface area contributed by atoms with Gasteiger partial charge >= 0.3 is 6.18 Å². The number of thiophene rings is 1. The van der Waals surface area contributed by atoms with Crippen molar-refractivity contribution in [3.8, 4) is 5.75 Å². The van der Waals surface area contributed by atoms with E-state index in [1.807, 2.05) is 17.5 Å². The van der Waals surface area contributed by atoms with Crippen molar-refractivity contribution in [2.45, 2.75) is 25.8 Å². The number of hydrogen-bond acceptors (Lipinski definition) is 5. The monoisotopic (exact) mass is 433 g/mol. The van der Waals surface area contributed by atoms with Crippen LogP contribution in [0.2, 0.25) is 0 Å². The number of carbonyl (C=O) groups excluding carboxylic acids is 1. The van der Waals surface area contributed by atoms with Crippen molar-refractivity contribution in [1.82, 2.24) is 9.88 Å². The van der Waals surface area contributed by atoms with Crippen LogP contribution in [0.1, 0.15) is 21.7 Å². The lowest BCUT2D eigenvalue weighted by molar-refractivity contribution is -0.137. The number of pyridine rings is 1. The Morgan fingerprint density at radius 1 is 1.13 bits per heavy atom. The van der Waals surface area contributed by atoms with E-state index < -0.39 is 11.7 Å². The molecule has 9 heteroatoms. The van der Waals surface area contributed by atoms with E-state index in [1.165, 1.54) is 21.9 Å². The molecule has 1 aliphatic rings. The van der Waals surface area contributed by atoms with Crippen LogP contribution < -0.4 is 10.1 Å². The number of hydrogen-bond donors (Lipinski definition) is 1. The minimum absolute atomic E-state index is 0.142. The number of benzene rings is 1. The molecule has 0 bridgehead atoms. The first-order valence-electron chi connectivity index (χ1n) is 9.21. The Hall–Kier alpha value is -3.07. The highest BCUT2D eigenvalue weighted by atomic mass is 32.1.